The maximum absolute atomic E-state index is 5.85. The number of ether oxygens (including phenoxy) is 1. The summed E-state index contributed by atoms with van der Waals surface area (Å²) in [5.74, 6) is 6.63. The van der Waals surface area contributed by atoms with Crippen LogP contribution in [0.1, 0.15) is 24.5 Å². The molecule has 0 saturated carbocycles. The molecule has 0 bridgehead atoms. The van der Waals surface area contributed by atoms with Gasteiger partial charge in [0.25, 0.3) is 0 Å². The molecule has 1 aromatic carbocycles. The largest absolute Gasteiger partial charge is 0.472 e. The van der Waals surface area contributed by atoms with Crippen molar-refractivity contribution in [3.63, 3.8) is 0 Å². The third kappa shape index (κ3) is 3.59. The lowest BCUT2D eigenvalue weighted by Gasteiger charge is -2.12. The van der Waals surface area contributed by atoms with E-state index in [4.69, 9.17) is 22.2 Å². The van der Waals surface area contributed by atoms with Crippen molar-refractivity contribution in [3.05, 3.63) is 46.7 Å². The van der Waals surface area contributed by atoms with Crippen molar-refractivity contribution >= 4 is 17.4 Å². The van der Waals surface area contributed by atoms with Crippen LogP contribution in [0.4, 0.5) is 5.82 Å². The topological polar surface area (TPSA) is 73.1 Å². The maximum atomic E-state index is 5.85. The Hall–Kier alpha value is -1.85. The number of benzene rings is 1. The molecule has 0 aliphatic heterocycles. The molecule has 2 aromatic rings. The summed E-state index contributed by atoms with van der Waals surface area (Å²) in [6.07, 6.45) is 3.20. The van der Waals surface area contributed by atoms with Gasteiger partial charge in [-0.2, -0.15) is 0 Å². The van der Waals surface area contributed by atoms with E-state index >= 15 is 0 Å². The molecular formula is C14H17ClN4O. The van der Waals surface area contributed by atoms with Crippen LogP contribution >= 0.6 is 11.6 Å². The van der Waals surface area contributed by atoms with Crippen LogP contribution in [0.15, 0.2) is 30.6 Å². The Bertz CT molecular complexity index is 560. The zero-order valence-electron chi connectivity index (χ0n) is 11.3. The number of rotatable bonds is 6. The van der Waals surface area contributed by atoms with Crippen molar-refractivity contribution in [2.75, 3.05) is 5.43 Å². The molecule has 5 nitrogen and oxygen atoms in total. The Morgan fingerprint density at radius 1 is 1.25 bits per heavy atom. The van der Waals surface area contributed by atoms with Crippen LogP contribution in [0, 0.1) is 0 Å². The molecule has 0 spiro atoms. The average molecular weight is 293 g/mol. The van der Waals surface area contributed by atoms with Crippen LogP contribution < -0.4 is 16.0 Å². The van der Waals surface area contributed by atoms with Gasteiger partial charge < -0.3 is 10.2 Å². The van der Waals surface area contributed by atoms with E-state index in [-0.39, 0.29) is 0 Å². The van der Waals surface area contributed by atoms with Gasteiger partial charge in [-0.15, -0.1) is 0 Å². The van der Waals surface area contributed by atoms with E-state index in [2.05, 4.69) is 22.3 Å². The number of nitrogens with zero attached hydrogens (tertiary/aromatic N) is 2. The molecule has 0 radical (unpaired) electrons. The minimum Gasteiger partial charge on any atom is -0.472 e. The number of hydrogen-bond donors (Lipinski definition) is 2. The van der Waals surface area contributed by atoms with Crippen molar-refractivity contribution in [2.45, 2.75) is 26.4 Å². The molecular weight excluding hydrogens is 276 g/mol. The highest BCUT2D eigenvalue weighted by Crippen LogP contribution is 2.23. The fraction of sp³-hybridized carbons (Fsp3) is 0.286. The Balaban J connectivity index is 2.14. The number of anilines is 1. The van der Waals surface area contributed by atoms with E-state index in [1.54, 1.807) is 0 Å². The molecule has 0 atom stereocenters. The molecule has 0 aliphatic rings. The van der Waals surface area contributed by atoms with Crippen LogP contribution in [0.25, 0.3) is 0 Å². The summed E-state index contributed by atoms with van der Waals surface area (Å²) in [6, 6.07) is 7.51. The van der Waals surface area contributed by atoms with Gasteiger partial charge >= 0.3 is 0 Å². The number of halogens is 1. The molecule has 0 fully saturated rings. The van der Waals surface area contributed by atoms with Gasteiger partial charge in [0, 0.05) is 5.02 Å². The number of hydrogen-bond acceptors (Lipinski definition) is 5. The fourth-order valence-electron chi connectivity index (χ4n) is 1.85. The number of nitrogens with one attached hydrogen (secondary N) is 1. The summed E-state index contributed by atoms with van der Waals surface area (Å²) >= 11 is 5.85. The minimum atomic E-state index is 0.426. The maximum Gasteiger partial charge on any atom is 0.222 e. The number of nitrogen functional groups attached to an aromatic ring is 1. The highest BCUT2D eigenvalue weighted by Gasteiger charge is 2.11. The predicted octanol–water partition coefficient (Wildman–Crippen LogP) is 2.95. The summed E-state index contributed by atoms with van der Waals surface area (Å²) in [6.45, 7) is 2.51. The molecule has 106 valence electrons. The van der Waals surface area contributed by atoms with Gasteiger partial charge in [0.2, 0.25) is 5.88 Å². The summed E-state index contributed by atoms with van der Waals surface area (Å²) < 4.78 is 5.77. The Labute approximate surface area is 123 Å². The summed E-state index contributed by atoms with van der Waals surface area (Å²) in [5, 5.41) is 0.706. The number of hydrazine groups is 1. The number of aromatic nitrogens is 2. The molecule has 1 aromatic heterocycles. The highest BCUT2D eigenvalue weighted by molar-refractivity contribution is 6.30. The highest BCUT2D eigenvalue weighted by atomic mass is 35.5. The lowest BCUT2D eigenvalue weighted by molar-refractivity contribution is 0.290. The zero-order chi connectivity index (χ0) is 14.4. The molecule has 0 aliphatic carbocycles. The third-order valence-corrected chi connectivity index (χ3v) is 3.08. The molecule has 6 heteroatoms. The standard InChI is InChI=1S/C14H17ClN4O/c1-2-3-12-13(19-16)17-9-18-14(12)20-8-10-4-6-11(15)7-5-10/h4-7,9H,2-3,8,16H2,1H3,(H,17,18,19). The molecule has 20 heavy (non-hydrogen) atoms. The summed E-state index contributed by atoms with van der Waals surface area (Å²) in [5.41, 5.74) is 4.50. The normalized spacial score (nSPS) is 10.3. The molecule has 2 rings (SSSR count). The van der Waals surface area contributed by atoms with Gasteiger partial charge in [0.1, 0.15) is 18.8 Å². The molecule has 3 N–H and O–H groups in total. The first-order chi connectivity index (χ1) is 9.74. The van der Waals surface area contributed by atoms with E-state index in [0.717, 1.165) is 24.0 Å². The smallest absolute Gasteiger partial charge is 0.222 e. The first kappa shape index (κ1) is 14.6. The number of nitrogens with two attached hydrogens (primary N) is 1. The predicted molar refractivity (Wildman–Crippen MR) is 79.6 cm³/mol. The van der Waals surface area contributed by atoms with Crippen molar-refractivity contribution in [1.82, 2.24) is 9.97 Å². The van der Waals surface area contributed by atoms with Gasteiger partial charge in [-0.1, -0.05) is 37.1 Å². The van der Waals surface area contributed by atoms with Crippen LogP contribution in [0.5, 0.6) is 5.88 Å². The van der Waals surface area contributed by atoms with Gasteiger partial charge in [0.05, 0.1) is 5.56 Å². The van der Waals surface area contributed by atoms with Crippen molar-refractivity contribution in [3.8, 4) is 5.88 Å². The van der Waals surface area contributed by atoms with E-state index < -0.39 is 0 Å². The van der Waals surface area contributed by atoms with Crippen molar-refractivity contribution in [1.29, 1.82) is 0 Å². The van der Waals surface area contributed by atoms with Crippen LogP contribution in [0.3, 0.4) is 0 Å². The first-order valence-electron chi connectivity index (χ1n) is 6.42. The lowest BCUT2D eigenvalue weighted by Crippen LogP contribution is -2.13. The fourth-order valence-corrected chi connectivity index (χ4v) is 1.98. The van der Waals surface area contributed by atoms with E-state index in [9.17, 15) is 0 Å². The van der Waals surface area contributed by atoms with Crippen LogP contribution in [0.2, 0.25) is 5.02 Å². The molecule has 0 saturated heterocycles. The zero-order valence-corrected chi connectivity index (χ0v) is 12.0. The van der Waals surface area contributed by atoms with Crippen LogP contribution in [-0.2, 0) is 13.0 Å². The van der Waals surface area contributed by atoms with Gasteiger partial charge in [-0.05, 0) is 24.1 Å². The first-order valence-corrected chi connectivity index (χ1v) is 6.80. The lowest BCUT2D eigenvalue weighted by atomic mass is 10.2. The van der Waals surface area contributed by atoms with Gasteiger partial charge in [-0.25, -0.2) is 15.8 Å². The summed E-state index contributed by atoms with van der Waals surface area (Å²) in [7, 11) is 0. The Morgan fingerprint density at radius 3 is 2.65 bits per heavy atom. The van der Waals surface area contributed by atoms with E-state index in [1.807, 2.05) is 24.3 Å². The SMILES string of the molecule is CCCc1c(NN)ncnc1OCc1ccc(Cl)cc1. The molecule has 0 amide bonds. The van der Waals surface area contributed by atoms with Gasteiger partial charge in [-0.3, -0.25) is 0 Å². The monoisotopic (exact) mass is 292 g/mol. The van der Waals surface area contributed by atoms with Crippen molar-refractivity contribution in [2.24, 2.45) is 5.84 Å². The Kier molecular flexibility index (Phi) is 5.15. The molecule has 0 unspecified atom stereocenters. The van der Waals surface area contributed by atoms with Crippen LogP contribution in [-0.4, -0.2) is 9.97 Å². The van der Waals surface area contributed by atoms with E-state index in [0.29, 0.717) is 23.3 Å². The second-order valence-electron chi connectivity index (χ2n) is 4.32. The summed E-state index contributed by atoms with van der Waals surface area (Å²) in [4.78, 5) is 8.28. The second kappa shape index (κ2) is 7.07. The minimum absolute atomic E-state index is 0.426. The average Bonchev–Trinajstić information content (AvgIpc) is 2.48. The van der Waals surface area contributed by atoms with E-state index in [1.165, 1.54) is 6.33 Å². The van der Waals surface area contributed by atoms with Crippen molar-refractivity contribution < 1.29 is 4.74 Å². The van der Waals surface area contributed by atoms with Gasteiger partial charge in [0.15, 0.2) is 0 Å². The third-order valence-electron chi connectivity index (χ3n) is 2.83. The quantitative estimate of drug-likeness (QED) is 0.632. The Morgan fingerprint density at radius 2 is 2.00 bits per heavy atom. The molecule has 1 heterocycles. The second-order valence-corrected chi connectivity index (χ2v) is 4.75.